The van der Waals surface area contributed by atoms with Gasteiger partial charge in [-0.15, -0.1) is 0 Å². The largest absolute Gasteiger partial charge is 0.378 e. The van der Waals surface area contributed by atoms with Gasteiger partial charge in [-0.2, -0.15) is 0 Å². The maximum absolute atomic E-state index is 5.95. The van der Waals surface area contributed by atoms with Crippen LogP contribution in [0.1, 0.15) is 45.9 Å². The molecular formula is C30H33N5S. The van der Waals surface area contributed by atoms with Crippen molar-refractivity contribution in [2.45, 2.75) is 39.8 Å². The van der Waals surface area contributed by atoms with E-state index in [2.05, 4.69) is 116 Å². The molecular weight excluding hydrogens is 462 g/mol. The van der Waals surface area contributed by atoms with Crippen molar-refractivity contribution < 1.29 is 0 Å². The zero-order valence-electron chi connectivity index (χ0n) is 21.8. The van der Waals surface area contributed by atoms with E-state index in [4.69, 9.17) is 17.2 Å². The van der Waals surface area contributed by atoms with E-state index < -0.39 is 0 Å². The van der Waals surface area contributed by atoms with Crippen LogP contribution in [0.4, 0.5) is 11.4 Å². The second-order valence-corrected chi connectivity index (χ2v) is 10.2. The standard InChI is InChI=1S/C30H33N5S/c1-19-10-9-12-27(21(19)3)34-20(2)18-25(22(34)4)29-28(26-11-7-8-17-31-26)32-30(36)35(29)24-15-13-23(14-16-24)33(5)6/h7-18,28-29H,1-6H3,(H,32,36)/t28-,29+/m1/s1. The van der Waals surface area contributed by atoms with Crippen LogP contribution in [0, 0.1) is 27.7 Å². The van der Waals surface area contributed by atoms with Gasteiger partial charge < -0.3 is 19.7 Å². The first-order chi connectivity index (χ1) is 17.3. The van der Waals surface area contributed by atoms with E-state index in [-0.39, 0.29) is 12.1 Å². The predicted molar refractivity (Wildman–Crippen MR) is 153 cm³/mol. The molecule has 4 aromatic rings. The lowest BCUT2D eigenvalue weighted by Gasteiger charge is -2.28. The van der Waals surface area contributed by atoms with Gasteiger partial charge in [-0.3, -0.25) is 4.98 Å². The number of benzene rings is 2. The molecule has 184 valence electrons. The van der Waals surface area contributed by atoms with Gasteiger partial charge in [-0.1, -0.05) is 18.2 Å². The maximum Gasteiger partial charge on any atom is 0.174 e. The summed E-state index contributed by atoms with van der Waals surface area (Å²) >= 11 is 5.95. The number of anilines is 2. The van der Waals surface area contributed by atoms with E-state index in [1.165, 1.54) is 33.8 Å². The second-order valence-electron chi connectivity index (χ2n) is 9.79. The van der Waals surface area contributed by atoms with Crippen LogP contribution >= 0.6 is 12.2 Å². The number of aromatic nitrogens is 2. The average molecular weight is 496 g/mol. The molecule has 1 N–H and O–H groups in total. The molecule has 0 spiro atoms. The molecule has 0 aliphatic carbocycles. The molecule has 36 heavy (non-hydrogen) atoms. The van der Waals surface area contributed by atoms with E-state index in [0.717, 1.165) is 17.1 Å². The number of nitrogens with one attached hydrogen (secondary N) is 1. The van der Waals surface area contributed by atoms with Gasteiger partial charge in [0, 0.05) is 48.7 Å². The summed E-state index contributed by atoms with van der Waals surface area (Å²) in [4.78, 5) is 9.08. The Balaban J connectivity index is 1.68. The number of rotatable bonds is 5. The lowest BCUT2D eigenvalue weighted by molar-refractivity contribution is 0.565. The summed E-state index contributed by atoms with van der Waals surface area (Å²) in [6.45, 7) is 8.77. The van der Waals surface area contributed by atoms with Crippen LogP contribution < -0.4 is 15.1 Å². The molecule has 3 heterocycles. The third kappa shape index (κ3) is 4.05. The number of thiocarbonyl (C=S) groups is 1. The molecule has 5 nitrogen and oxygen atoms in total. The maximum atomic E-state index is 5.95. The first-order valence-corrected chi connectivity index (χ1v) is 12.7. The number of hydrogen-bond donors (Lipinski definition) is 1. The minimum absolute atomic E-state index is 0.0392. The lowest BCUT2D eigenvalue weighted by Crippen LogP contribution is -2.29. The van der Waals surface area contributed by atoms with Gasteiger partial charge in [0.2, 0.25) is 0 Å². The fraction of sp³-hybridized carbons (Fsp3) is 0.267. The van der Waals surface area contributed by atoms with E-state index >= 15 is 0 Å². The fourth-order valence-electron chi connectivity index (χ4n) is 5.30. The van der Waals surface area contributed by atoms with Crippen molar-refractivity contribution in [3.63, 3.8) is 0 Å². The van der Waals surface area contributed by atoms with Crippen LogP contribution in [0.5, 0.6) is 0 Å². The van der Waals surface area contributed by atoms with Gasteiger partial charge in [0.15, 0.2) is 5.11 Å². The van der Waals surface area contributed by atoms with Crippen molar-refractivity contribution in [1.29, 1.82) is 0 Å². The fourth-order valence-corrected chi connectivity index (χ4v) is 5.64. The molecule has 5 rings (SSSR count). The van der Waals surface area contributed by atoms with Crippen molar-refractivity contribution >= 4 is 28.7 Å². The zero-order chi connectivity index (χ0) is 25.6. The van der Waals surface area contributed by atoms with Crippen LogP contribution in [0.3, 0.4) is 0 Å². The third-order valence-corrected chi connectivity index (χ3v) is 7.66. The summed E-state index contributed by atoms with van der Waals surface area (Å²) in [5.74, 6) is 0. The Bertz CT molecular complexity index is 1410. The molecule has 2 aromatic carbocycles. The molecule has 2 atom stereocenters. The van der Waals surface area contributed by atoms with E-state index in [0.29, 0.717) is 5.11 Å². The number of pyridine rings is 1. The highest BCUT2D eigenvalue weighted by molar-refractivity contribution is 7.80. The number of hydrogen-bond acceptors (Lipinski definition) is 3. The Labute approximate surface area is 219 Å². The van der Waals surface area contributed by atoms with Gasteiger partial charge >= 0.3 is 0 Å². The van der Waals surface area contributed by atoms with Crippen molar-refractivity contribution in [3.8, 4) is 5.69 Å². The lowest BCUT2D eigenvalue weighted by atomic mass is 9.96. The third-order valence-electron chi connectivity index (χ3n) is 7.35. The van der Waals surface area contributed by atoms with Gasteiger partial charge in [-0.25, -0.2) is 0 Å². The first-order valence-electron chi connectivity index (χ1n) is 12.3. The average Bonchev–Trinajstić information content (AvgIpc) is 3.36. The highest BCUT2D eigenvalue weighted by Gasteiger charge is 2.42. The van der Waals surface area contributed by atoms with Crippen LogP contribution in [0.15, 0.2) is 72.9 Å². The van der Waals surface area contributed by atoms with Crippen LogP contribution in [0.2, 0.25) is 0 Å². The van der Waals surface area contributed by atoms with Gasteiger partial charge in [-0.05, 0) is 105 Å². The van der Waals surface area contributed by atoms with E-state index in [9.17, 15) is 0 Å². The minimum Gasteiger partial charge on any atom is -0.378 e. The van der Waals surface area contributed by atoms with Crippen molar-refractivity contribution in [1.82, 2.24) is 14.9 Å². The monoisotopic (exact) mass is 495 g/mol. The molecule has 1 saturated heterocycles. The summed E-state index contributed by atoms with van der Waals surface area (Å²) in [5.41, 5.74) is 10.7. The molecule has 1 aliphatic heterocycles. The first kappa shape index (κ1) is 24.1. The SMILES string of the molecule is Cc1cccc(-n2c(C)cc([C@H]3[C@@H](c4ccccn4)NC(=S)N3c3ccc(N(C)C)cc3)c2C)c1C. The van der Waals surface area contributed by atoms with Gasteiger partial charge in [0.25, 0.3) is 0 Å². The number of nitrogens with zero attached hydrogens (tertiary/aromatic N) is 4. The molecule has 2 aromatic heterocycles. The van der Waals surface area contributed by atoms with E-state index in [1.807, 2.05) is 18.3 Å². The van der Waals surface area contributed by atoms with Crippen molar-refractivity contribution in [2.75, 3.05) is 23.9 Å². The Hall–Kier alpha value is -3.64. The highest BCUT2D eigenvalue weighted by Crippen LogP contribution is 2.44. The molecule has 0 radical (unpaired) electrons. The quantitative estimate of drug-likeness (QED) is 0.327. The topological polar surface area (TPSA) is 36.3 Å². The summed E-state index contributed by atoms with van der Waals surface area (Å²) in [7, 11) is 4.11. The van der Waals surface area contributed by atoms with Crippen LogP contribution in [-0.4, -0.2) is 28.8 Å². The number of aryl methyl sites for hydroxylation is 2. The summed E-state index contributed by atoms with van der Waals surface area (Å²) in [5, 5.41) is 4.31. The molecule has 0 amide bonds. The molecule has 0 unspecified atom stereocenters. The molecule has 6 heteroatoms. The summed E-state index contributed by atoms with van der Waals surface area (Å²) in [6.07, 6.45) is 1.85. The Morgan fingerprint density at radius 2 is 1.67 bits per heavy atom. The second kappa shape index (κ2) is 9.43. The Morgan fingerprint density at radius 3 is 2.33 bits per heavy atom. The Morgan fingerprint density at radius 1 is 0.917 bits per heavy atom. The minimum atomic E-state index is -0.0696. The molecule has 0 bridgehead atoms. The zero-order valence-corrected chi connectivity index (χ0v) is 22.6. The normalized spacial score (nSPS) is 17.4. The van der Waals surface area contributed by atoms with Gasteiger partial charge in [0.05, 0.1) is 17.8 Å². The van der Waals surface area contributed by atoms with Gasteiger partial charge in [0.1, 0.15) is 0 Å². The summed E-state index contributed by atoms with van der Waals surface area (Å²) in [6, 6.07) is 23.4. The Kier molecular flexibility index (Phi) is 6.31. The molecule has 1 aliphatic rings. The van der Waals surface area contributed by atoms with Crippen LogP contribution in [0.25, 0.3) is 5.69 Å². The van der Waals surface area contributed by atoms with Crippen LogP contribution in [-0.2, 0) is 0 Å². The predicted octanol–water partition coefficient (Wildman–Crippen LogP) is 6.35. The van der Waals surface area contributed by atoms with E-state index in [1.54, 1.807) is 0 Å². The van der Waals surface area contributed by atoms with Crippen molar-refractivity contribution in [3.05, 3.63) is 107 Å². The smallest absolute Gasteiger partial charge is 0.174 e. The molecule has 0 saturated carbocycles. The highest BCUT2D eigenvalue weighted by atomic mass is 32.1. The summed E-state index contributed by atoms with van der Waals surface area (Å²) < 4.78 is 2.38. The van der Waals surface area contributed by atoms with Crippen molar-refractivity contribution in [2.24, 2.45) is 0 Å². The molecule has 1 fully saturated rings.